The van der Waals surface area contributed by atoms with Crippen LogP contribution in [0.3, 0.4) is 0 Å². The second-order valence-electron chi connectivity index (χ2n) is 6.59. The molecule has 0 atom stereocenters. The van der Waals surface area contributed by atoms with Crippen molar-refractivity contribution in [2.75, 3.05) is 0 Å². The van der Waals surface area contributed by atoms with E-state index in [0.717, 1.165) is 0 Å². The van der Waals surface area contributed by atoms with Gasteiger partial charge in [0.1, 0.15) is 17.2 Å². The first kappa shape index (κ1) is 21.1. The van der Waals surface area contributed by atoms with Crippen molar-refractivity contribution >= 4 is 53.4 Å². The molecule has 2 aromatic carbocycles. The molecule has 0 fully saturated rings. The molecule has 0 bridgehead atoms. The van der Waals surface area contributed by atoms with E-state index in [9.17, 15) is 9.59 Å². The average Bonchev–Trinajstić information content (AvgIpc) is 3.28. The number of aromatic amines is 1. The van der Waals surface area contributed by atoms with E-state index in [-0.39, 0.29) is 26.5 Å². The summed E-state index contributed by atoms with van der Waals surface area (Å²) in [4.78, 5) is 24.2. The predicted octanol–water partition coefficient (Wildman–Crippen LogP) is 4.32. The number of carboxylic acids is 1. The summed E-state index contributed by atoms with van der Waals surface area (Å²) in [5, 5.41) is 13.3. The standard InChI is InChI=1S/C22H13Cl3N2O4/c1-11-16(21(28)27(26-11)20-17(24)8-14(23)9-18(20)25)10-15-5-6-19(31-15)12-3-2-4-13(7-12)22(29)30/h2-10,26H,1H2,(H,29,30)/b16-10-. The third-order valence-corrected chi connectivity index (χ3v) is 5.31. The van der Waals surface area contributed by atoms with Gasteiger partial charge >= 0.3 is 5.97 Å². The lowest BCUT2D eigenvalue weighted by Gasteiger charge is -2.07. The molecule has 4 rings (SSSR count). The highest BCUT2D eigenvalue weighted by molar-refractivity contribution is 6.40. The molecular weight excluding hydrogens is 463 g/mol. The van der Waals surface area contributed by atoms with Gasteiger partial charge in [-0.05, 0) is 42.5 Å². The van der Waals surface area contributed by atoms with Gasteiger partial charge in [0.25, 0.3) is 5.56 Å². The maximum atomic E-state index is 13.0. The topological polar surface area (TPSA) is 88.2 Å². The van der Waals surface area contributed by atoms with Crippen LogP contribution >= 0.6 is 34.8 Å². The van der Waals surface area contributed by atoms with Crippen LogP contribution in [-0.2, 0) is 0 Å². The molecule has 0 radical (unpaired) electrons. The van der Waals surface area contributed by atoms with Crippen molar-refractivity contribution in [2.45, 2.75) is 0 Å². The minimum atomic E-state index is -1.03. The number of nitrogens with one attached hydrogen (secondary N) is 1. The van der Waals surface area contributed by atoms with Gasteiger partial charge in [-0.25, -0.2) is 9.48 Å². The molecular formula is C22H13Cl3N2O4. The van der Waals surface area contributed by atoms with E-state index >= 15 is 0 Å². The molecule has 0 unspecified atom stereocenters. The van der Waals surface area contributed by atoms with E-state index in [4.69, 9.17) is 44.3 Å². The maximum Gasteiger partial charge on any atom is 0.335 e. The Morgan fingerprint density at radius 3 is 2.48 bits per heavy atom. The Balaban J connectivity index is 1.79. The van der Waals surface area contributed by atoms with Gasteiger partial charge in [-0.1, -0.05) is 53.5 Å². The van der Waals surface area contributed by atoms with Gasteiger partial charge < -0.3 is 9.52 Å². The maximum absolute atomic E-state index is 13.0. The minimum absolute atomic E-state index is 0.143. The molecule has 0 aliphatic carbocycles. The monoisotopic (exact) mass is 474 g/mol. The number of carboxylic acid groups (broad SMARTS) is 1. The van der Waals surface area contributed by atoms with Gasteiger partial charge in [-0.3, -0.25) is 9.89 Å². The fraction of sp³-hybridized carbons (Fsp3) is 0. The number of carbonyl (C=O) groups is 1. The number of nitrogens with zero attached hydrogens (tertiary/aromatic N) is 1. The summed E-state index contributed by atoms with van der Waals surface area (Å²) in [5.74, 6) is -0.189. The Kier molecular flexibility index (Phi) is 5.54. The van der Waals surface area contributed by atoms with E-state index in [2.05, 4.69) is 11.7 Å². The van der Waals surface area contributed by atoms with Crippen molar-refractivity contribution in [2.24, 2.45) is 0 Å². The zero-order valence-electron chi connectivity index (χ0n) is 15.7. The van der Waals surface area contributed by atoms with E-state index in [1.54, 1.807) is 24.3 Å². The summed E-state index contributed by atoms with van der Waals surface area (Å²) in [5.41, 5.74) is 0.570. The molecule has 0 spiro atoms. The Morgan fingerprint density at radius 2 is 1.81 bits per heavy atom. The fourth-order valence-electron chi connectivity index (χ4n) is 3.08. The van der Waals surface area contributed by atoms with Crippen LogP contribution in [0.25, 0.3) is 29.7 Å². The quantitative estimate of drug-likeness (QED) is 0.460. The summed E-state index contributed by atoms with van der Waals surface area (Å²) < 4.78 is 6.98. The van der Waals surface area contributed by atoms with Crippen molar-refractivity contribution in [1.82, 2.24) is 9.78 Å². The van der Waals surface area contributed by atoms with Crippen LogP contribution in [0.15, 0.2) is 57.7 Å². The normalized spacial score (nSPS) is 11.8. The van der Waals surface area contributed by atoms with Gasteiger partial charge in [-0.15, -0.1) is 0 Å². The Hall–Kier alpha value is -3.19. The zero-order valence-corrected chi connectivity index (χ0v) is 17.9. The number of H-pyrrole nitrogens is 1. The highest BCUT2D eigenvalue weighted by Crippen LogP contribution is 2.30. The third kappa shape index (κ3) is 4.05. The number of aromatic nitrogens is 2. The largest absolute Gasteiger partial charge is 0.478 e. The number of rotatable bonds is 4. The fourth-order valence-corrected chi connectivity index (χ4v) is 4.07. The van der Waals surface area contributed by atoms with Crippen LogP contribution in [0.4, 0.5) is 0 Å². The zero-order chi connectivity index (χ0) is 22.3. The van der Waals surface area contributed by atoms with Crippen molar-refractivity contribution in [3.63, 3.8) is 0 Å². The van der Waals surface area contributed by atoms with Crippen molar-refractivity contribution in [1.29, 1.82) is 0 Å². The van der Waals surface area contributed by atoms with Crippen LogP contribution < -0.4 is 16.1 Å². The van der Waals surface area contributed by atoms with Crippen LogP contribution in [0, 0.1) is 0 Å². The lowest BCUT2D eigenvalue weighted by Crippen LogP contribution is -2.34. The van der Waals surface area contributed by atoms with Crippen molar-refractivity contribution in [3.05, 3.63) is 95.8 Å². The number of furan rings is 1. The lowest BCUT2D eigenvalue weighted by molar-refractivity contribution is 0.0697. The highest BCUT2D eigenvalue weighted by atomic mass is 35.5. The molecule has 0 saturated carbocycles. The van der Waals surface area contributed by atoms with Crippen LogP contribution in [0.5, 0.6) is 0 Å². The van der Waals surface area contributed by atoms with Gasteiger partial charge in [0.15, 0.2) is 0 Å². The molecule has 0 saturated heterocycles. The van der Waals surface area contributed by atoms with Crippen molar-refractivity contribution in [3.8, 4) is 17.0 Å². The van der Waals surface area contributed by atoms with Crippen LogP contribution in [-0.4, -0.2) is 20.9 Å². The molecule has 9 heteroatoms. The minimum Gasteiger partial charge on any atom is -0.478 e. The third-order valence-electron chi connectivity index (χ3n) is 4.52. The number of hydrogen-bond donors (Lipinski definition) is 2. The molecule has 0 aliphatic rings. The first-order valence-electron chi connectivity index (χ1n) is 8.85. The highest BCUT2D eigenvalue weighted by Gasteiger charge is 2.14. The van der Waals surface area contributed by atoms with Gasteiger partial charge in [0, 0.05) is 10.6 Å². The first-order valence-corrected chi connectivity index (χ1v) is 9.98. The molecule has 6 nitrogen and oxygen atoms in total. The SMILES string of the molecule is C=c1[nH]n(-c2c(Cl)cc(Cl)cc2Cl)c(=O)/c1=C\c1ccc(-c2cccc(C(=O)O)c2)o1. The summed E-state index contributed by atoms with van der Waals surface area (Å²) in [6.45, 7) is 3.87. The summed E-state index contributed by atoms with van der Waals surface area (Å²) in [6, 6.07) is 12.7. The lowest BCUT2D eigenvalue weighted by atomic mass is 10.1. The van der Waals surface area contributed by atoms with Crippen LogP contribution in [0.2, 0.25) is 15.1 Å². The summed E-state index contributed by atoms with van der Waals surface area (Å²) in [6.07, 6.45) is 1.53. The van der Waals surface area contributed by atoms with Gasteiger partial charge in [0.2, 0.25) is 0 Å². The summed E-state index contributed by atoms with van der Waals surface area (Å²) >= 11 is 18.4. The van der Waals surface area contributed by atoms with E-state index in [1.807, 2.05) is 0 Å². The first-order chi connectivity index (χ1) is 14.7. The Labute approximate surface area is 190 Å². The second-order valence-corrected chi connectivity index (χ2v) is 7.85. The number of benzene rings is 2. The molecule has 31 heavy (non-hydrogen) atoms. The smallest absolute Gasteiger partial charge is 0.335 e. The number of aromatic carboxylic acids is 1. The van der Waals surface area contributed by atoms with Gasteiger partial charge in [0.05, 0.1) is 26.2 Å². The second kappa shape index (κ2) is 8.15. The molecule has 2 aromatic heterocycles. The molecule has 0 amide bonds. The molecule has 2 heterocycles. The Bertz CT molecular complexity index is 1470. The molecule has 0 aliphatic heterocycles. The predicted molar refractivity (Wildman–Crippen MR) is 121 cm³/mol. The van der Waals surface area contributed by atoms with Gasteiger partial charge in [-0.2, -0.15) is 0 Å². The molecule has 156 valence electrons. The van der Waals surface area contributed by atoms with E-state index < -0.39 is 11.5 Å². The molecule has 4 aromatic rings. The summed E-state index contributed by atoms with van der Waals surface area (Å²) in [7, 11) is 0. The van der Waals surface area contributed by atoms with E-state index in [0.29, 0.717) is 27.5 Å². The average molecular weight is 476 g/mol. The number of hydrogen-bond acceptors (Lipinski definition) is 3. The van der Waals surface area contributed by atoms with Crippen molar-refractivity contribution < 1.29 is 14.3 Å². The molecule has 2 N–H and O–H groups in total. The van der Waals surface area contributed by atoms with E-state index in [1.165, 1.54) is 35.0 Å². The Morgan fingerprint density at radius 1 is 1.10 bits per heavy atom. The van der Waals surface area contributed by atoms with Crippen LogP contribution in [0.1, 0.15) is 16.1 Å². The number of halogens is 3.